The molecule has 0 saturated carbocycles. The molecule has 1 aromatic carbocycles. The zero-order valence-corrected chi connectivity index (χ0v) is 11.4. The van der Waals surface area contributed by atoms with Crippen molar-refractivity contribution < 1.29 is 15.0 Å². The summed E-state index contributed by atoms with van der Waals surface area (Å²) in [6, 6.07) is 8.81. The number of hydrogen-bond acceptors (Lipinski definition) is 4. The van der Waals surface area contributed by atoms with Gasteiger partial charge in [-0.3, -0.25) is 0 Å². The van der Waals surface area contributed by atoms with Crippen molar-refractivity contribution in [2.75, 3.05) is 12.4 Å². The van der Waals surface area contributed by atoms with Gasteiger partial charge in [-0.05, 0) is 18.1 Å². The standard InChI is InChI=1S/C14H15NO3S/c1-9(7-16)8-19-13-6-11(14(17)18)10-4-2-3-5-12(10)15-13/h2-6,9,16H,7-8H2,1H3,(H,17,18). The monoisotopic (exact) mass is 277 g/mol. The molecule has 1 aromatic heterocycles. The van der Waals surface area contributed by atoms with Crippen LogP contribution in [0.2, 0.25) is 0 Å². The molecule has 0 radical (unpaired) electrons. The molecular formula is C14H15NO3S. The molecule has 2 N–H and O–H groups in total. The van der Waals surface area contributed by atoms with Gasteiger partial charge in [-0.25, -0.2) is 9.78 Å². The molecule has 0 fully saturated rings. The lowest BCUT2D eigenvalue weighted by atomic mass is 10.1. The highest BCUT2D eigenvalue weighted by atomic mass is 32.2. The lowest BCUT2D eigenvalue weighted by molar-refractivity contribution is 0.0698. The van der Waals surface area contributed by atoms with Crippen LogP contribution in [0.4, 0.5) is 0 Å². The van der Waals surface area contributed by atoms with E-state index in [2.05, 4.69) is 4.98 Å². The first-order valence-electron chi connectivity index (χ1n) is 5.98. The first kappa shape index (κ1) is 13.8. The minimum atomic E-state index is -0.948. The second-order valence-corrected chi connectivity index (χ2v) is 5.47. The molecule has 2 rings (SSSR count). The molecule has 0 bridgehead atoms. The Morgan fingerprint density at radius 3 is 2.84 bits per heavy atom. The van der Waals surface area contributed by atoms with E-state index in [9.17, 15) is 9.90 Å². The highest BCUT2D eigenvalue weighted by Crippen LogP contribution is 2.25. The molecule has 19 heavy (non-hydrogen) atoms. The number of nitrogens with zero attached hydrogens (tertiary/aromatic N) is 1. The van der Waals surface area contributed by atoms with Crippen LogP contribution in [-0.2, 0) is 0 Å². The van der Waals surface area contributed by atoms with Crippen LogP contribution in [0.15, 0.2) is 35.4 Å². The molecule has 1 heterocycles. The molecule has 0 amide bonds. The molecule has 100 valence electrons. The lowest BCUT2D eigenvalue weighted by Crippen LogP contribution is -2.04. The highest BCUT2D eigenvalue weighted by molar-refractivity contribution is 7.99. The van der Waals surface area contributed by atoms with E-state index in [1.165, 1.54) is 11.8 Å². The van der Waals surface area contributed by atoms with Gasteiger partial charge in [-0.15, -0.1) is 11.8 Å². The van der Waals surface area contributed by atoms with Crippen molar-refractivity contribution in [1.29, 1.82) is 0 Å². The number of rotatable bonds is 5. The van der Waals surface area contributed by atoms with Gasteiger partial charge in [-0.2, -0.15) is 0 Å². The number of carboxylic acids is 1. The van der Waals surface area contributed by atoms with Crippen LogP contribution in [0.25, 0.3) is 10.9 Å². The van der Waals surface area contributed by atoms with E-state index in [1.807, 2.05) is 13.0 Å². The van der Waals surface area contributed by atoms with Crippen LogP contribution < -0.4 is 0 Å². The summed E-state index contributed by atoms with van der Waals surface area (Å²) in [5.41, 5.74) is 0.950. The molecule has 1 unspecified atom stereocenters. The maximum Gasteiger partial charge on any atom is 0.336 e. The van der Waals surface area contributed by atoms with Gasteiger partial charge >= 0.3 is 5.97 Å². The summed E-state index contributed by atoms with van der Waals surface area (Å²) < 4.78 is 0. The third-order valence-corrected chi connectivity index (χ3v) is 3.99. The predicted octanol–water partition coefficient (Wildman–Crippen LogP) is 2.65. The summed E-state index contributed by atoms with van der Waals surface area (Å²) in [6.07, 6.45) is 0. The number of aliphatic hydroxyl groups excluding tert-OH is 1. The molecule has 0 spiro atoms. The summed E-state index contributed by atoms with van der Waals surface area (Å²) in [5, 5.41) is 19.6. The van der Waals surface area contributed by atoms with E-state index in [4.69, 9.17) is 5.11 Å². The fourth-order valence-corrected chi connectivity index (χ4v) is 2.61. The molecule has 0 saturated heterocycles. The van der Waals surface area contributed by atoms with Gasteiger partial charge in [0, 0.05) is 17.7 Å². The Balaban J connectivity index is 2.38. The predicted molar refractivity (Wildman–Crippen MR) is 75.7 cm³/mol. The van der Waals surface area contributed by atoms with Crippen LogP contribution in [0.3, 0.4) is 0 Å². The summed E-state index contributed by atoms with van der Waals surface area (Å²) in [7, 11) is 0. The van der Waals surface area contributed by atoms with E-state index < -0.39 is 5.97 Å². The maximum absolute atomic E-state index is 11.3. The zero-order chi connectivity index (χ0) is 13.8. The van der Waals surface area contributed by atoms with E-state index >= 15 is 0 Å². The van der Waals surface area contributed by atoms with Crippen LogP contribution in [0.1, 0.15) is 17.3 Å². The molecular weight excluding hydrogens is 262 g/mol. The number of para-hydroxylation sites is 1. The fourth-order valence-electron chi connectivity index (χ4n) is 1.68. The number of fused-ring (bicyclic) bond motifs is 1. The molecule has 5 heteroatoms. The van der Waals surface area contributed by atoms with Crippen molar-refractivity contribution in [3.63, 3.8) is 0 Å². The number of aromatic carboxylic acids is 1. The Morgan fingerprint density at radius 2 is 2.16 bits per heavy atom. The molecule has 0 aliphatic heterocycles. The lowest BCUT2D eigenvalue weighted by Gasteiger charge is -2.09. The van der Waals surface area contributed by atoms with E-state index in [0.29, 0.717) is 21.7 Å². The number of carboxylic acid groups (broad SMARTS) is 1. The third kappa shape index (κ3) is 3.24. The zero-order valence-electron chi connectivity index (χ0n) is 10.5. The topological polar surface area (TPSA) is 70.4 Å². The van der Waals surface area contributed by atoms with Gasteiger partial charge in [0.15, 0.2) is 0 Å². The molecule has 0 aliphatic carbocycles. The summed E-state index contributed by atoms with van der Waals surface area (Å²) in [6.45, 7) is 2.05. The minimum Gasteiger partial charge on any atom is -0.478 e. The number of hydrogen-bond donors (Lipinski definition) is 2. The fraction of sp³-hybridized carbons (Fsp3) is 0.286. The van der Waals surface area contributed by atoms with E-state index in [0.717, 1.165) is 0 Å². The highest BCUT2D eigenvalue weighted by Gasteiger charge is 2.12. The van der Waals surface area contributed by atoms with Gasteiger partial charge in [-0.1, -0.05) is 25.1 Å². The Kier molecular flexibility index (Phi) is 4.39. The van der Waals surface area contributed by atoms with Crippen LogP contribution in [-0.4, -0.2) is 33.5 Å². The summed E-state index contributed by atoms with van der Waals surface area (Å²) >= 11 is 1.47. The number of aliphatic hydroxyl groups is 1. The molecule has 4 nitrogen and oxygen atoms in total. The molecule has 2 aromatic rings. The van der Waals surface area contributed by atoms with Crippen molar-refractivity contribution in [3.8, 4) is 0 Å². The van der Waals surface area contributed by atoms with Gasteiger partial charge in [0.05, 0.1) is 16.1 Å². The first-order chi connectivity index (χ1) is 9.11. The third-order valence-electron chi connectivity index (χ3n) is 2.75. The maximum atomic E-state index is 11.3. The largest absolute Gasteiger partial charge is 0.478 e. The van der Waals surface area contributed by atoms with Crippen molar-refractivity contribution in [1.82, 2.24) is 4.98 Å². The first-order valence-corrected chi connectivity index (χ1v) is 6.97. The number of aromatic nitrogens is 1. The number of carbonyl (C=O) groups is 1. The smallest absolute Gasteiger partial charge is 0.336 e. The van der Waals surface area contributed by atoms with Crippen LogP contribution >= 0.6 is 11.8 Å². The number of benzene rings is 1. The van der Waals surface area contributed by atoms with Crippen molar-refractivity contribution in [2.24, 2.45) is 5.92 Å². The van der Waals surface area contributed by atoms with Crippen LogP contribution in [0, 0.1) is 5.92 Å². The van der Waals surface area contributed by atoms with Gasteiger partial charge < -0.3 is 10.2 Å². The Hall–Kier alpha value is -1.59. The van der Waals surface area contributed by atoms with Crippen molar-refractivity contribution >= 4 is 28.6 Å². The summed E-state index contributed by atoms with van der Waals surface area (Å²) in [4.78, 5) is 15.7. The quantitative estimate of drug-likeness (QED) is 0.822. The van der Waals surface area contributed by atoms with Crippen molar-refractivity contribution in [3.05, 3.63) is 35.9 Å². The average Bonchev–Trinajstić information content (AvgIpc) is 2.43. The minimum absolute atomic E-state index is 0.117. The summed E-state index contributed by atoms with van der Waals surface area (Å²) in [5.74, 6) is -0.0804. The Bertz CT molecular complexity index is 600. The average molecular weight is 277 g/mol. The van der Waals surface area contributed by atoms with Gasteiger partial charge in [0.2, 0.25) is 0 Å². The van der Waals surface area contributed by atoms with Gasteiger partial charge in [0.1, 0.15) is 0 Å². The Labute approximate surface area is 115 Å². The normalized spacial score (nSPS) is 12.5. The van der Waals surface area contributed by atoms with Gasteiger partial charge in [0.25, 0.3) is 0 Å². The second-order valence-electron chi connectivity index (χ2n) is 4.43. The Morgan fingerprint density at radius 1 is 1.42 bits per heavy atom. The second kappa shape index (κ2) is 6.04. The molecule has 1 atom stereocenters. The SMILES string of the molecule is CC(CO)CSc1cc(C(=O)O)c2ccccc2n1. The molecule has 0 aliphatic rings. The van der Waals surface area contributed by atoms with Crippen molar-refractivity contribution in [2.45, 2.75) is 11.9 Å². The van der Waals surface area contributed by atoms with E-state index in [-0.39, 0.29) is 18.1 Å². The van der Waals surface area contributed by atoms with Crippen LogP contribution in [0.5, 0.6) is 0 Å². The number of pyridine rings is 1. The number of thioether (sulfide) groups is 1. The van der Waals surface area contributed by atoms with E-state index in [1.54, 1.807) is 24.3 Å².